The van der Waals surface area contributed by atoms with Crippen LogP contribution in [0.2, 0.25) is 0 Å². The molecule has 4 heteroatoms. The van der Waals surface area contributed by atoms with Crippen LogP contribution in [0, 0.1) is 5.92 Å². The third kappa shape index (κ3) is 4.17. The van der Waals surface area contributed by atoms with E-state index in [1.807, 2.05) is 0 Å². The van der Waals surface area contributed by atoms with Gasteiger partial charge >= 0.3 is 0 Å². The van der Waals surface area contributed by atoms with Gasteiger partial charge in [-0.25, -0.2) is 0 Å². The second-order valence-corrected chi connectivity index (χ2v) is 6.65. The van der Waals surface area contributed by atoms with E-state index in [2.05, 4.69) is 31.0 Å². The average molecular weight is 284 g/mol. The molecular formula is C16H32N2O2. The van der Waals surface area contributed by atoms with Gasteiger partial charge in [0, 0.05) is 37.9 Å². The lowest BCUT2D eigenvalue weighted by Gasteiger charge is -2.47. The molecule has 0 aromatic heterocycles. The summed E-state index contributed by atoms with van der Waals surface area (Å²) >= 11 is 0. The summed E-state index contributed by atoms with van der Waals surface area (Å²) in [4.78, 5) is 2.60. The zero-order valence-corrected chi connectivity index (χ0v) is 13.5. The van der Waals surface area contributed by atoms with Gasteiger partial charge in [0.05, 0.1) is 13.2 Å². The van der Waals surface area contributed by atoms with Crippen molar-refractivity contribution in [3.05, 3.63) is 0 Å². The van der Waals surface area contributed by atoms with Crippen LogP contribution in [0.5, 0.6) is 0 Å². The molecule has 2 rings (SSSR count). The Hall–Kier alpha value is -0.160. The molecular weight excluding hydrogens is 252 g/mol. The summed E-state index contributed by atoms with van der Waals surface area (Å²) in [5.41, 5.74) is 0.193. The molecule has 0 aromatic rings. The fourth-order valence-electron chi connectivity index (χ4n) is 3.54. The Balaban J connectivity index is 1.96. The van der Waals surface area contributed by atoms with E-state index < -0.39 is 0 Å². The van der Waals surface area contributed by atoms with Crippen LogP contribution < -0.4 is 5.32 Å². The van der Waals surface area contributed by atoms with Gasteiger partial charge in [0.15, 0.2) is 0 Å². The Morgan fingerprint density at radius 3 is 2.30 bits per heavy atom. The van der Waals surface area contributed by atoms with Crippen LogP contribution in [-0.4, -0.2) is 62.5 Å². The van der Waals surface area contributed by atoms with Gasteiger partial charge in [0.2, 0.25) is 0 Å². The largest absolute Gasteiger partial charge is 0.381 e. The molecule has 118 valence electrons. The van der Waals surface area contributed by atoms with E-state index in [9.17, 15) is 0 Å². The minimum atomic E-state index is 0.193. The summed E-state index contributed by atoms with van der Waals surface area (Å²) < 4.78 is 11.0. The highest BCUT2D eigenvalue weighted by atomic mass is 16.5. The molecule has 0 saturated carbocycles. The van der Waals surface area contributed by atoms with Crippen LogP contribution in [-0.2, 0) is 9.47 Å². The molecule has 2 heterocycles. The van der Waals surface area contributed by atoms with Crippen molar-refractivity contribution in [2.75, 3.05) is 46.1 Å². The summed E-state index contributed by atoms with van der Waals surface area (Å²) in [6.45, 7) is 13.8. The zero-order chi connectivity index (χ0) is 14.4. The van der Waals surface area contributed by atoms with Crippen molar-refractivity contribution in [3.8, 4) is 0 Å². The topological polar surface area (TPSA) is 33.7 Å². The molecule has 0 radical (unpaired) electrons. The van der Waals surface area contributed by atoms with Crippen molar-refractivity contribution < 1.29 is 9.47 Å². The van der Waals surface area contributed by atoms with Gasteiger partial charge in [0.25, 0.3) is 0 Å². The molecule has 0 bridgehead atoms. The quantitative estimate of drug-likeness (QED) is 0.807. The molecule has 0 spiro atoms. The second-order valence-electron chi connectivity index (χ2n) is 6.65. The monoisotopic (exact) mass is 284 g/mol. The zero-order valence-electron chi connectivity index (χ0n) is 13.5. The molecule has 20 heavy (non-hydrogen) atoms. The minimum Gasteiger partial charge on any atom is -0.381 e. The number of ether oxygens (including phenoxy) is 2. The number of morpholine rings is 1. The number of nitrogens with zero attached hydrogens (tertiary/aromatic N) is 1. The Labute approximate surface area is 124 Å². The van der Waals surface area contributed by atoms with Gasteiger partial charge in [-0.3, -0.25) is 4.90 Å². The van der Waals surface area contributed by atoms with Crippen LogP contribution >= 0.6 is 0 Å². The van der Waals surface area contributed by atoms with E-state index in [0.717, 1.165) is 52.0 Å². The number of rotatable bonds is 6. The molecule has 4 nitrogen and oxygen atoms in total. The van der Waals surface area contributed by atoms with Crippen molar-refractivity contribution in [2.45, 2.75) is 51.6 Å². The molecule has 0 aliphatic carbocycles. The van der Waals surface area contributed by atoms with E-state index in [1.165, 1.54) is 19.3 Å². The van der Waals surface area contributed by atoms with Crippen LogP contribution in [0.3, 0.4) is 0 Å². The lowest BCUT2D eigenvalue weighted by Crippen LogP contribution is -2.60. The molecule has 2 aliphatic rings. The van der Waals surface area contributed by atoms with Crippen molar-refractivity contribution in [2.24, 2.45) is 5.92 Å². The summed E-state index contributed by atoms with van der Waals surface area (Å²) in [6.07, 6.45) is 3.71. The summed E-state index contributed by atoms with van der Waals surface area (Å²) in [5, 5.41) is 3.74. The molecule has 2 aliphatic heterocycles. The standard InChI is InChI=1S/C16H32N2O2/c1-4-17-15(13-14-5-9-19-10-6-14)16(2,3)18-7-11-20-12-8-18/h14-15,17H,4-13H2,1-3H3. The fourth-order valence-corrected chi connectivity index (χ4v) is 3.54. The second kappa shape index (κ2) is 7.74. The molecule has 1 unspecified atom stereocenters. The first-order valence-electron chi connectivity index (χ1n) is 8.28. The average Bonchev–Trinajstić information content (AvgIpc) is 2.49. The first-order chi connectivity index (χ1) is 9.64. The molecule has 1 atom stereocenters. The Morgan fingerprint density at radius 2 is 1.70 bits per heavy atom. The van der Waals surface area contributed by atoms with Gasteiger partial charge < -0.3 is 14.8 Å². The van der Waals surface area contributed by atoms with E-state index in [0.29, 0.717) is 6.04 Å². The third-order valence-electron chi connectivity index (χ3n) is 5.04. The number of hydrogen-bond acceptors (Lipinski definition) is 4. The van der Waals surface area contributed by atoms with Crippen molar-refractivity contribution in [3.63, 3.8) is 0 Å². The highest BCUT2D eigenvalue weighted by molar-refractivity contribution is 4.95. The summed E-state index contributed by atoms with van der Waals surface area (Å²) in [6, 6.07) is 0.550. The normalized spacial score (nSPS) is 24.8. The van der Waals surface area contributed by atoms with Crippen molar-refractivity contribution in [1.82, 2.24) is 10.2 Å². The first kappa shape index (κ1) is 16.2. The SMILES string of the molecule is CCNC(CC1CCOCC1)C(C)(C)N1CCOCC1. The maximum atomic E-state index is 5.51. The predicted molar refractivity (Wildman–Crippen MR) is 82.1 cm³/mol. The lowest BCUT2D eigenvalue weighted by molar-refractivity contribution is -0.0294. The van der Waals surface area contributed by atoms with Crippen LogP contribution in [0.15, 0.2) is 0 Å². The van der Waals surface area contributed by atoms with E-state index in [-0.39, 0.29) is 5.54 Å². The van der Waals surface area contributed by atoms with Crippen LogP contribution in [0.4, 0.5) is 0 Å². The molecule has 0 aromatic carbocycles. The maximum Gasteiger partial charge on any atom is 0.0594 e. The van der Waals surface area contributed by atoms with Gasteiger partial charge in [-0.1, -0.05) is 6.92 Å². The van der Waals surface area contributed by atoms with Crippen molar-refractivity contribution in [1.29, 1.82) is 0 Å². The highest BCUT2D eigenvalue weighted by Gasteiger charge is 2.37. The fraction of sp³-hybridized carbons (Fsp3) is 1.00. The minimum absolute atomic E-state index is 0.193. The predicted octanol–water partition coefficient (Wildman–Crippen LogP) is 1.89. The molecule has 2 saturated heterocycles. The molecule has 0 amide bonds. The molecule has 1 N–H and O–H groups in total. The smallest absolute Gasteiger partial charge is 0.0594 e. The highest BCUT2D eigenvalue weighted by Crippen LogP contribution is 2.28. The van der Waals surface area contributed by atoms with Crippen LogP contribution in [0.1, 0.15) is 40.0 Å². The van der Waals surface area contributed by atoms with Crippen LogP contribution in [0.25, 0.3) is 0 Å². The van der Waals surface area contributed by atoms with Gasteiger partial charge in [-0.05, 0) is 45.6 Å². The lowest BCUT2D eigenvalue weighted by atomic mass is 9.82. The Kier molecular flexibility index (Phi) is 6.27. The van der Waals surface area contributed by atoms with E-state index in [4.69, 9.17) is 9.47 Å². The van der Waals surface area contributed by atoms with Gasteiger partial charge in [0.1, 0.15) is 0 Å². The maximum absolute atomic E-state index is 5.51. The van der Waals surface area contributed by atoms with E-state index in [1.54, 1.807) is 0 Å². The van der Waals surface area contributed by atoms with Gasteiger partial charge in [-0.15, -0.1) is 0 Å². The number of nitrogens with one attached hydrogen (secondary N) is 1. The molecule has 2 fully saturated rings. The van der Waals surface area contributed by atoms with E-state index >= 15 is 0 Å². The summed E-state index contributed by atoms with van der Waals surface area (Å²) in [5.74, 6) is 0.813. The number of likely N-dealkylation sites (N-methyl/N-ethyl adjacent to an activating group) is 1. The summed E-state index contributed by atoms with van der Waals surface area (Å²) in [7, 11) is 0. The third-order valence-corrected chi connectivity index (χ3v) is 5.04. The van der Waals surface area contributed by atoms with Crippen molar-refractivity contribution >= 4 is 0 Å². The first-order valence-corrected chi connectivity index (χ1v) is 8.28. The Bertz CT molecular complexity index is 272. The van der Waals surface area contributed by atoms with Gasteiger partial charge in [-0.2, -0.15) is 0 Å². The number of hydrogen-bond donors (Lipinski definition) is 1. The Morgan fingerprint density at radius 1 is 1.10 bits per heavy atom.